The average molecular weight is 329 g/mol. The van der Waals surface area contributed by atoms with E-state index < -0.39 is 6.10 Å². The number of hydrogen-bond donors (Lipinski definition) is 1. The summed E-state index contributed by atoms with van der Waals surface area (Å²) in [5, 5.41) is 2.86. The van der Waals surface area contributed by atoms with Crippen LogP contribution in [-0.4, -0.2) is 25.7 Å². The normalized spacial score (nSPS) is 11.5. The zero-order valence-electron chi connectivity index (χ0n) is 14.2. The number of benzene rings is 2. The van der Waals surface area contributed by atoms with E-state index in [1.165, 1.54) is 0 Å². The molecule has 128 valence electrons. The second-order valence-corrected chi connectivity index (χ2v) is 5.11. The molecule has 0 saturated carbocycles. The molecule has 0 saturated heterocycles. The van der Waals surface area contributed by atoms with Gasteiger partial charge in [0.15, 0.2) is 17.6 Å². The largest absolute Gasteiger partial charge is 0.494 e. The summed E-state index contributed by atoms with van der Waals surface area (Å²) < 4.78 is 16.5. The van der Waals surface area contributed by atoms with Gasteiger partial charge in [0.05, 0.1) is 13.7 Å². The third kappa shape index (κ3) is 4.65. The van der Waals surface area contributed by atoms with Crippen molar-refractivity contribution >= 4 is 11.6 Å². The van der Waals surface area contributed by atoms with Gasteiger partial charge < -0.3 is 19.5 Å². The van der Waals surface area contributed by atoms with Crippen LogP contribution >= 0.6 is 0 Å². The third-order valence-corrected chi connectivity index (χ3v) is 3.43. The second-order valence-electron chi connectivity index (χ2n) is 5.11. The Hall–Kier alpha value is -2.69. The van der Waals surface area contributed by atoms with E-state index in [9.17, 15) is 4.79 Å². The maximum atomic E-state index is 12.5. The lowest BCUT2D eigenvalue weighted by atomic mass is 10.2. The maximum Gasteiger partial charge on any atom is 0.265 e. The first kappa shape index (κ1) is 17.7. The van der Waals surface area contributed by atoms with Crippen molar-refractivity contribution in [3.63, 3.8) is 0 Å². The third-order valence-electron chi connectivity index (χ3n) is 3.43. The van der Waals surface area contributed by atoms with Crippen LogP contribution in [0.4, 0.5) is 5.69 Å². The molecule has 24 heavy (non-hydrogen) atoms. The van der Waals surface area contributed by atoms with Crippen LogP contribution in [0.1, 0.15) is 20.3 Å². The van der Waals surface area contributed by atoms with Crippen LogP contribution in [0, 0.1) is 0 Å². The Morgan fingerprint density at radius 3 is 2.29 bits per heavy atom. The number of hydrogen-bond acceptors (Lipinski definition) is 4. The Balaban J connectivity index is 2.03. The number of amides is 1. The van der Waals surface area contributed by atoms with Gasteiger partial charge in [-0.1, -0.05) is 19.1 Å². The van der Waals surface area contributed by atoms with Gasteiger partial charge >= 0.3 is 0 Å². The predicted molar refractivity (Wildman–Crippen MR) is 93.9 cm³/mol. The van der Waals surface area contributed by atoms with Gasteiger partial charge in [0.1, 0.15) is 5.75 Å². The number of nitrogens with one attached hydrogen (secondary N) is 1. The number of carbonyl (C=O) groups excluding carboxylic acids is 1. The first-order chi connectivity index (χ1) is 11.7. The Bertz CT molecular complexity index is 655. The van der Waals surface area contributed by atoms with Crippen molar-refractivity contribution in [2.75, 3.05) is 19.0 Å². The van der Waals surface area contributed by atoms with E-state index in [1.54, 1.807) is 31.4 Å². The molecule has 2 aromatic carbocycles. The molecule has 1 unspecified atom stereocenters. The summed E-state index contributed by atoms with van der Waals surface area (Å²) in [6.45, 7) is 4.44. The van der Waals surface area contributed by atoms with Gasteiger partial charge in [-0.25, -0.2) is 0 Å². The highest BCUT2D eigenvalue weighted by Gasteiger charge is 2.20. The van der Waals surface area contributed by atoms with Gasteiger partial charge in [-0.2, -0.15) is 0 Å². The van der Waals surface area contributed by atoms with Crippen LogP contribution in [0.15, 0.2) is 48.5 Å². The van der Waals surface area contributed by atoms with Crippen molar-refractivity contribution in [3.8, 4) is 17.2 Å². The zero-order chi connectivity index (χ0) is 17.4. The van der Waals surface area contributed by atoms with Gasteiger partial charge in [0.25, 0.3) is 5.91 Å². The molecule has 0 aliphatic rings. The molecule has 0 spiro atoms. The fourth-order valence-electron chi connectivity index (χ4n) is 2.22. The topological polar surface area (TPSA) is 56.8 Å². The molecule has 1 N–H and O–H groups in total. The highest BCUT2D eigenvalue weighted by atomic mass is 16.5. The molecule has 5 nitrogen and oxygen atoms in total. The van der Waals surface area contributed by atoms with E-state index >= 15 is 0 Å². The minimum atomic E-state index is -0.604. The van der Waals surface area contributed by atoms with E-state index in [-0.39, 0.29) is 5.91 Å². The van der Waals surface area contributed by atoms with Crippen LogP contribution in [0.2, 0.25) is 0 Å². The van der Waals surface area contributed by atoms with Crippen LogP contribution < -0.4 is 19.5 Å². The smallest absolute Gasteiger partial charge is 0.265 e. The predicted octanol–water partition coefficient (Wildman–Crippen LogP) is 3.89. The van der Waals surface area contributed by atoms with Crippen molar-refractivity contribution in [1.29, 1.82) is 0 Å². The number of rotatable bonds is 8. The summed E-state index contributed by atoms with van der Waals surface area (Å²) >= 11 is 0. The molecule has 2 aromatic rings. The summed E-state index contributed by atoms with van der Waals surface area (Å²) in [7, 11) is 1.57. The van der Waals surface area contributed by atoms with Crippen LogP contribution in [0.25, 0.3) is 0 Å². The Morgan fingerprint density at radius 2 is 1.71 bits per heavy atom. The summed E-state index contributed by atoms with van der Waals surface area (Å²) in [6.07, 6.45) is -0.0613. The first-order valence-corrected chi connectivity index (χ1v) is 8.01. The quantitative estimate of drug-likeness (QED) is 0.798. The van der Waals surface area contributed by atoms with Gasteiger partial charge in [-0.05, 0) is 49.7 Å². The van der Waals surface area contributed by atoms with E-state index in [2.05, 4.69) is 5.32 Å². The molecular formula is C19H23NO4. The van der Waals surface area contributed by atoms with Crippen molar-refractivity contribution in [2.24, 2.45) is 0 Å². The number of ether oxygens (including phenoxy) is 3. The summed E-state index contributed by atoms with van der Waals surface area (Å²) in [4.78, 5) is 12.5. The highest BCUT2D eigenvalue weighted by Crippen LogP contribution is 2.27. The molecule has 2 rings (SSSR count). The Labute approximate surface area is 142 Å². The molecule has 1 atom stereocenters. The van der Waals surface area contributed by atoms with Crippen molar-refractivity contribution < 1.29 is 19.0 Å². The second kappa shape index (κ2) is 8.82. The lowest BCUT2D eigenvalue weighted by Gasteiger charge is -2.19. The van der Waals surface area contributed by atoms with E-state index in [1.807, 2.05) is 38.1 Å². The number of para-hydroxylation sites is 2. The van der Waals surface area contributed by atoms with Gasteiger partial charge in [0, 0.05) is 5.69 Å². The molecule has 0 bridgehead atoms. The molecule has 0 radical (unpaired) electrons. The van der Waals surface area contributed by atoms with E-state index in [0.717, 1.165) is 5.75 Å². The molecule has 1 amide bonds. The number of anilines is 1. The molecule has 5 heteroatoms. The van der Waals surface area contributed by atoms with E-state index in [4.69, 9.17) is 14.2 Å². The molecule has 0 heterocycles. The van der Waals surface area contributed by atoms with Crippen LogP contribution in [0.3, 0.4) is 0 Å². The van der Waals surface area contributed by atoms with Crippen LogP contribution in [-0.2, 0) is 4.79 Å². The lowest BCUT2D eigenvalue weighted by molar-refractivity contribution is -0.122. The number of carbonyl (C=O) groups is 1. The van der Waals surface area contributed by atoms with Gasteiger partial charge in [-0.15, -0.1) is 0 Å². The molecule has 0 aliphatic carbocycles. The Morgan fingerprint density at radius 1 is 1.04 bits per heavy atom. The summed E-state index contributed by atoms with van der Waals surface area (Å²) in [5.74, 6) is 1.72. The standard InChI is InChI=1S/C19H23NO4/c1-4-16(24-18-9-7-6-8-17(18)22-3)19(21)20-14-10-12-15(13-11-14)23-5-2/h6-13,16H,4-5H2,1-3H3,(H,20,21). The molecular weight excluding hydrogens is 306 g/mol. The van der Waals surface area contributed by atoms with Crippen molar-refractivity contribution in [3.05, 3.63) is 48.5 Å². The monoisotopic (exact) mass is 329 g/mol. The van der Waals surface area contributed by atoms with Gasteiger partial charge in [-0.3, -0.25) is 4.79 Å². The maximum absolute atomic E-state index is 12.5. The molecule has 0 aliphatic heterocycles. The fourth-order valence-corrected chi connectivity index (χ4v) is 2.22. The minimum Gasteiger partial charge on any atom is -0.494 e. The van der Waals surface area contributed by atoms with Gasteiger partial charge in [0.2, 0.25) is 0 Å². The Kier molecular flexibility index (Phi) is 6.49. The molecule has 0 fully saturated rings. The first-order valence-electron chi connectivity index (χ1n) is 8.01. The average Bonchev–Trinajstić information content (AvgIpc) is 2.61. The summed E-state index contributed by atoms with van der Waals surface area (Å²) in [5.41, 5.74) is 0.700. The molecule has 0 aromatic heterocycles. The number of methoxy groups -OCH3 is 1. The lowest BCUT2D eigenvalue weighted by Crippen LogP contribution is -2.32. The fraction of sp³-hybridized carbons (Fsp3) is 0.316. The van der Waals surface area contributed by atoms with E-state index in [0.29, 0.717) is 30.2 Å². The van der Waals surface area contributed by atoms with Crippen molar-refractivity contribution in [1.82, 2.24) is 0 Å². The van der Waals surface area contributed by atoms with Crippen LogP contribution in [0.5, 0.6) is 17.2 Å². The minimum absolute atomic E-state index is 0.201. The zero-order valence-corrected chi connectivity index (χ0v) is 14.2. The SMILES string of the molecule is CCOc1ccc(NC(=O)C(CC)Oc2ccccc2OC)cc1. The van der Waals surface area contributed by atoms with Crippen molar-refractivity contribution in [2.45, 2.75) is 26.4 Å². The highest BCUT2D eigenvalue weighted by molar-refractivity contribution is 5.94. The summed E-state index contributed by atoms with van der Waals surface area (Å²) in [6, 6.07) is 14.5.